The lowest BCUT2D eigenvalue weighted by molar-refractivity contribution is -0.142. The topological polar surface area (TPSA) is 73.3 Å². The number of carbonyl (C=O) groups is 1. The lowest BCUT2D eigenvalue weighted by Crippen LogP contribution is -2.55. The SMILES string of the molecule is O=C(O)[C@H]1CN(Cc2ccco2)C[C@H]2CN(Cc3ccco3)CCN2C1. The number of carboxylic acids is 1. The highest BCUT2D eigenvalue weighted by molar-refractivity contribution is 5.70. The average molecular weight is 359 g/mol. The summed E-state index contributed by atoms with van der Waals surface area (Å²) in [5, 5.41) is 9.62. The zero-order valence-corrected chi connectivity index (χ0v) is 14.8. The molecule has 4 heterocycles. The van der Waals surface area contributed by atoms with Gasteiger partial charge in [0.15, 0.2) is 0 Å². The Bertz CT molecular complexity index is 700. The van der Waals surface area contributed by atoms with Gasteiger partial charge in [0.25, 0.3) is 0 Å². The molecule has 4 rings (SSSR count). The van der Waals surface area contributed by atoms with Crippen molar-refractivity contribution in [3.63, 3.8) is 0 Å². The van der Waals surface area contributed by atoms with Gasteiger partial charge >= 0.3 is 5.97 Å². The summed E-state index contributed by atoms with van der Waals surface area (Å²) in [6.45, 7) is 6.22. The van der Waals surface area contributed by atoms with E-state index in [1.807, 2.05) is 24.3 Å². The predicted molar refractivity (Wildman–Crippen MR) is 94.5 cm³/mol. The minimum Gasteiger partial charge on any atom is -0.481 e. The number of furan rings is 2. The summed E-state index contributed by atoms with van der Waals surface area (Å²) >= 11 is 0. The van der Waals surface area contributed by atoms with Crippen molar-refractivity contribution in [2.75, 3.05) is 39.3 Å². The van der Waals surface area contributed by atoms with Gasteiger partial charge in [0.1, 0.15) is 11.5 Å². The molecule has 2 aliphatic heterocycles. The molecule has 2 fully saturated rings. The lowest BCUT2D eigenvalue weighted by atomic mass is 10.1. The maximum atomic E-state index is 11.7. The van der Waals surface area contributed by atoms with Crippen LogP contribution in [0.5, 0.6) is 0 Å². The van der Waals surface area contributed by atoms with Crippen LogP contribution >= 0.6 is 0 Å². The zero-order valence-electron chi connectivity index (χ0n) is 14.8. The Morgan fingerprint density at radius 1 is 0.962 bits per heavy atom. The Kier molecular flexibility index (Phi) is 5.10. The summed E-state index contributed by atoms with van der Waals surface area (Å²) in [6.07, 6.45) is 3.37. The van der Waals surface area contributed by atoms with Crippen LogP contribution < -0.4 is 0 Å². The molecule has 2 saturated heterocycles. The maximum Gasteiger partial charge on any atom is 0.309 e. The second kappa shape index (κ2) is 7.65. The third kappa shape index (κ3) is 4.00. The first kappa shape index (κ1) is 17.3. The minimum absolute atomic E-state index is 0.318. The van der Waals surface area contributed by atoms with Gasteiger partial charge in [-0.1, -0.05) is 0 Å². The molecule has 0 unspecified atom stereocenters. The Hall–Kier alpha value is -2.09. The van der Waals surface area contributed by atoms with Crippen molar-refractivity contribution >= 4 is 5.97 Å². The number of aliphatic carboxylic acids is 1. The molecular weight excluding hydrogens is 334 g/mol. The summed E-state index contributed by atoms with van der Waals surface area (Å²) < 4.78 is 11.0. The zero-order chi connectivity index (χ0) is 17.9. The second-order valence-corrected chi connectivity index (χ2v) is 7.27. The quantitative estimate of drug-likeness (QED) is 0.869. The Labute approximate surface area is 152 Å². The monoisotopic (exact) mass is 359 g/mol. The highest BCUT2D eigenvalue weighted by atomic mass is 16.4. The Morgan fingerprint density at radius 3 is 2.23 bits per heavy atom. The molecule has 0 bridgehead atoms. The Morgan fingerprint density at radius 2 is 1.62 bits per heavy atom. The number of nitrogens with zero attached hydrogens (tertiary/aromatic N) is 3. The molecule has 2 aromatic heterocycles. The largest absolute Gasteiger partial charge is 0.481 e. The molecule has 2 aromatic rings. The summed E-state index contributed by atoms with van der Waals surface area (Å²) in [5.74, 6) is 0.772. The third-order valence-electron chi connectivity index (χ3n) is 5.36. The molecule has 0 aliphatic carbocycles. The number of hydrogen-bond acceptors (Lipinski definition) is 6. The molecule has 140 valence electrons. The number of carboxylic acid groups (broad SMARTS) is 1. The van der Waals surface area contributed by atoms with E-state index in [-0.39, 0.29) is 5.92 Å². The van der Waals surface area contributed by atoms with E-state index in [0.717, 1.165) is 44.2 Å². The number of rotatable bonds is 5. The van der Waals surface area contributed by atoms with Gasteiger partial charge in [-0.2, -0.15) is 0 Å². The first-order chi connectivity index (χ1) is 12.7. The minimum atomic E-state index is -0.715. The van der Waals surface area contributed by atoms with Crippen molar-refractivity contribution in [3.8, 4) is 0 Å². The Balaban J connectivity index is 1.46. The van der Waals surface area contributed by atoms with Crippen LogP contribution in [0.2, 0.25) is 0 Å². The second-order valence-electron chi connectivity index (χ2n) is 7.27. The van der Waals surface area contributed by atoms with Crippen LogP contribution in [0.25, 0.3) is 0 Å². The van der Waals surface area contributed by atoms with E-state index >= 15 is 0 Å². The lowest BCUT2D eigenvalue weighted by Gasteiger charge is -2.41. The van der Waals surface area contributed by atoms with Gasteiger partial charge in [0.2, 0.25) is 0 Å². The van der Waals surface area contributed by atoms with Crippen LogP contribution in [0, 0.1) is 5.92 Å². The summed E-state index contributed by atoms with van der Waals surface area (Å²) in [7, 11) is 0. The normalized spacial score (nSPS) is 25.7. The van der Waals surface area contributed by atoms with Crippen molar-refractivity contribution in [1.29, 1.82) is 0 Å². The number of piperazine rings is 1. The fourth-order valence-electron chi connectivity index (χ4n) is 4.07. The van der Waals surface area contributed by atoms with Crippen molar-refractivity contribution in [2.24, 2.45) is 5.92 Å². The molecule has 7 heteroatoms. The van der Waals surface area contributed by atoms with Crippen LogP contribution in [0.1, 0.15) is 11.5 Å². The van der Waals surface area contributed by atoms with Gasteiger partial charge in [-0.25, -0.2) is 0 Å². The van der Waals surface area contributed by atoms with E-state index in [1.54, 1.807) is 12.5 Å². The van der Waals surface area contributed by atoms with E-state index in [0.29, 0.717) is 25.7 Å². The number of fused-ring (bicyclic) bond motifs is 1. The van der Waals surface area contributed by atoms with Crippen LogP contribution in [0.15, 0.2) is 45.6 Å². The smallest absolute Gasteiger partial charge is 0.309 e. The van der Waals surface area contributed by atoms with Crippen molar-refractivity contribution in [1.82, 2.24) is 14.7 Å². The first-order valence-corrected chi connectivity index (χ1v) is 9.13. The van der Waals surface area contributed by atoms with E-state index < -0.39 is 5.97 Å². The molecule has 2 aliphatic rings. The average Bonchev–Trinajstić information content (AvgIpc) is 3.26. The van der Waals surface area contributed by atoms with Crippen LogP contribution in [-0.2, 0) is 17.9 Å². The number of hydrogen-bond donors (Lipinski definition) is 1. The highest BCUT2D eigenvalue weighted by Gasteiger charge is 2.36. The highest BCUT2D eigenvalue weighted by Crippen LogP contribution is 2.22. The van der Waals surface area contributed by atoms with Gasteiger partial charge in [-0.3, -0.25) is 19.5 Å². The van der Waals surface area contributed by atoms with Crippen LogP contribution in [0.4, 0.5) is 0 Å². The fraction of sp³-hybridized carbons (Fsp3) is 0.526. The van der Waals surface area contributed by atoms with Gasteiger partial charge in [0, 0.05) is 45.3 Å². The summed E-state index contributed by atoms with van der Waals surface area (Å²) in [5.41, 5.74) is 0. The predicted octanol–water partition coefficient (Wildman–Crippen LogP) is 1.58. The fourth-order valence-corrected chi connectivity index (χ4v) is 4.07. The molecule has 7 nitrogen and oxygen atoms in total. The van der Waals surface area contributed by atoms with Crippen LogP contribution in [0.3, 0.4) is 0 Å². The summed E-state index contributed by atoms with van der Waals surface area (Å²) in [6, 6.07) is 8.06. The molecule has 0 spiro atoms. The molecule has 2 atom stereocenters. The maximum absolute atomic E-state index is 11.7. The summed E-state index contributed by atoms with van der Waals surface area (Å²) in [4.78, 5) is 18.7. The molecule has 0 radical (unpaired) electrons. The van der Waals surface area contributed by atoms with Gasteiger partial charge in [0.05, 0.1) is 31.5 Å². The molecular formula is C19H25N3O4. The molecule has 26 heavy (non-hydrogen) atoms. The first-order valence-electron chi connectivity index (χ1n) is 9.13. The van der Waals surface area contributed by atoms with E-state index in [1.165, 1.54) is 0 Å². The van der Waals surface area contributed by atoms with Crippen molar-refractivity contribution in [2.45, 2.75) is 19.1 Å². The van der Waals surface area contributed by atoms with Crippen molar-refractivity contribution in [3.05, 3.63) is 48.3 Å². The standard InChI is InChI=1S/C19H25N3O4/c23-19(24)15-9-21(14-18-4-2-8-26-18)12-16-11-20(5-6-22(16)10-15)13-17-3-1-7-25-17/h1-4,7-8,15-16H,5-6,9-14H2,(H,23,24)/t15-,16+/m0/s1. The molecule has 1 N–H and O–H groups in total. The van der Waals surface area contributed by atoms with Crippen LogP contribution in [-0.4, -0.2) is 71.1 Å². The van der Waals surface area contributed by atoms with E-state index in [4.69, 9.17) is 8.83 Å². The van der Waals surface area contributed by atoms with Gasteiger partial charge in [-0.15, -0.1) is 0 Å². The van der Waals surface area contributed by atoms with Crippen molar-refractivity contribution < 1.29 is 18.7 Å². The van der Waals surface area contributed by atoms with Gasteiger partial charge < -0.3 is 13.9 Å². The molecule has 0 saturated carbocycles. The molecule has 0 aromatic carbocycles. The van der Waals surface area contributed by atoms with E-state index in [9.17, 15) is 9.90 Å². The molecule has 0 amide bonds. The third-order valence-corrected chi connectivity index (χ3v) is 5.36. The van der Waals surface area contributed by atoms with E-state index in [2.05, 4.69) is 14.7 Å². The van der Waals surface area contributed by atoms with Gasteiger partial charge in [-0.05, 0) is 24.3 Å².